The van der Waals surface area contributed by atoms with Gasteiger partial charge in [-0.3, -0.25) is 4.57 Å². The van der Waals surface area contributed by atoms with Gasteiger partial charge in [-0.25, -0.2) is 10.5 Å². The van der Waals surface area contributed by atoms with Crippen molar-refractivity contribution in [2.24, 2.45) is 5.90 Å². The summed E-state index contributed by atoms with van der Waals surface area (Å²) in [6.07, 6.45) is 0. The number of hydrogen-bond acceptors (Lipinski definition) is 3. The molecule has 0 aliphatic heterocycles. The van der Waals surface area contributed by atoms with Crippen LogP contribution in [0.4, 0.5) is 8.78 Å². The van der Waals surface area contributed by atoms with Gasteiger partial charge in [-0.15, -0.1) is 0 Å². The van der Waals surface area contributed by atoms with Crippen LogP contribution < -0.4 is 5.90 Å². The quantitative estimate of drug-likeness (QED) is 0.461. The fourth-order valence-electron chi connectivity index (χ4n) is 0.0925. The van der Waals surface area contributed by atoms with Gasteiger partial charge in [-0.05, 0) is 0 Å². The van der Waals surface area contributed by atoms with Crippen LogP contribution in [0.1, 0.15) is 6.92 Å². The Hall–Kier alpha value is -0.0300. The third-order valence-corrected chi connectivity index (χ3v) is 1.92. The lowest BCUT2D eigenvalue weighted by molar-refractivity contribution is 0.0659. The Morgan fingerprint density at radius 2 is 2.11 bits per heavy atom. The van der Waals surface area contributed by atoms with Gasteiger partial charge in [0, 0.05) is 6.92 Å². The highest BCUT2D eigenvalue weighted by atomic mass is 31.2. The van der Waals surface area contributed by atoms with E-state index in [1.54, 1.807) is 0 Å². The summed E-state index contributed by atoms with van der Waals surface area (Å²) in [5.41, 5.74) is -3.79. The highest BCUT2D eigenvalue weighted by molar-refractivity contribution is 7.54. The fourth-order valence-corrected chi connectivity index (χ4v) is 0.278. The maximum atomic E-state index is 11.8. The molecule has 0 aliphatic rings. The predicted molar refractivity (Wildman–Crippen MR) is 25.7 cm³/mol. The molecule has 0 spiro atoms. The summed E-state index contributed by atoms with van der Waals surface area (Å²) in [6.45, 7) is 0.251. The first-order valence-electron chi connectivity index (χ1n) is 1.90. The molecule has 0 aliphatic carbocycles. The van der Waals surface area contributed by atoms with E-state index in [4.69, 9.17) is 4.89 Å². The van der Waals surface area contributed by atoms with Gasteiger partial charge >= 0.3 is 13.3 Å². The molecule has 9 heavy (non-hydrogen) atoms. The van der Waals surface area contributed by atoms with Gasteiger partial charge in [0.25, 0.3) is 0 Å². The molecule has 0 radical (unpaired) electrons. The van der Waals surface area contributed by atoms with E-state index < -0.39 is 13.3 Å². The van der Waals surface area contributed by atoms with Crippen molar-refractivity contribution in [2.45, 2.75) is 12.6 Å². The van der Waals surface area contributed by atoms with Crippen LogP contribution in [0.2, 0.25) is 0 Å². The van der Waals surface area contributed by atoms with E-state index in [1.807, 2.05) is 0 Å². The van der Waals surface area contributed by atoms with E-state index in [1.165, 1.54) is 0 Å². The van der Waals surface area contributed by atoms with Crippen LogP contribution >= 0.6 is 7.60 Å². The number of halogens is 2. The van der Waals surface area contributed by atoms with Gasteiger partial charge in [0.05, 0.1) is 0 Å². The maximum absolute atomic E-state index is 11.8. The van der Waals surface area contributed by atoms with Crippen LogP contribution in [-0.2, 0) is 9.19 Å². The Labute approximate surface area is 50.1 Å². The Bertz CT molecular complexity index is 143. The minimum atomic E-state index is -4.91. The van der Waals surface area contributed by atoms with E-state index in [-0.39, 0.29) is 6.92 Å². The molecule has 0 aromatic heterocycles. The zero-order valence-electron chi connectivity index (χ0n) is 4.54. The van der Waals surface area contributed by atoms with E-state index in [9.17, 15) is 13.3 Å². The highest BCUT2D eigenvalue weighted by Gasteiger charge is 2.46. The summed E-state index contributed by atoms with van der Waals surface area (Å²) in [4.78, 5) is 8.12. The molecule has 0 amide bonds. The van der Waals surface area contributed by atoms with Crippen molar-refractivity contribution in [3.63, 3.8) is 0 Å². The van der Waals surface area contributed by atoms with Crippen LogP contribution in [0.3, 0.4) is 0 Å². The highest BCUT2D eigenvalue weighted by Crippen LogP contribution is 2.55. The summed E-state index contributed by atoms with van der Waals surface area (Å²) >= 11 is 0. The summed E-state index contributed by atoms with van der Waals surface area (Å²) in [6, 6.07) is 0. The van der Waals surface area contributed by atoms with E-state index >= 15 is 0 Å². The van der Waals surface area contributed by atoms with E-state index in [0.717, 1.165) is 0 Å². The van der Waals surface area contributed by atoms with Crippen molar-refractivity contribution >= 4 is 7.60 Å². The fraction of sp³-hybridized carbons (Fsp3) is 1.00. The standard InChI is InChI=1S/C2H6F2NO3P/c1-2(3,4)9(6,7)8-5/h5H2,1H3,(H,6,7). The summed E-state index contributed by atoms with van der Waals surface area (Å²) < 4.78 is 36.8. The number of hydrogen-bond donors (Lipinski definition) is 2. The molecule has 3 N–H and O–H groups in total. The Balaban J connectivity index is 4.35. The summed E-state index contributed by atoms with van der Waals surface area (Å²) in [5, 5.41) is 0. The third kappa shape index (κ3) is 1.98. The van der Waals surface area contributed by atoms with Crippen molar-refractivity contribution < 1.29 is 22.9 Å². The van der Waals surface area contributed by atoms with Crippen LogP contribution in [0, 0.1) is 0 Å². The van der Waals surface area contributed by atoms with E-state index in [0.29, 0.717) is 0 Å². The minimum Gasteiger partial charge on any atom is -0.319 e. The molecule has 0 saturated carbocycles. The maximum Gasteiger partial charge on any atom is 0.412 e. The molecular weight excluding hydrogens is 155 g/mol. The lowest BCUT2D eigenvalue weighted by atomic mass is 10.9. The molecular formula is C2H6F2NO3P. The smallest absolute Gasteiger partial charge is 0.319 e. The molecule has 1 unspecified atom stereocenters. The zero-order valence-corrected chi connectivity index (χ0v) is 5.44. The van der Waals surface area contributed by atoms with Gasteiger partial charge in [-0.2, -0.15) is 8.78 Å². The second-order valence-corrected chi connectivity index (χ2v) is 3.50. The molecule has 4 nitrogen and oxygen atoms in total. The van der Waals surface area contributed by atoms with Crippen LogP contribution in [0.5, 0.6) is 0 Å². The first-order valence-corrected chi connectivity index (χ1v) is 3.48. The molecule has 0 aromatic rings. The van der Waals surface area contributed by atoms with Crippen LogP contribution in [0.25, 0.3) is 0 Å². The topological polar surface area (TPSA) is 72.5 Å². The summed E-state index contributed by atoms with van der Waals surface area (Å²) in [5.74, 6) is 4.10. The SMILES string of the molecule is CC(F)(F)P(=O)(O)ON. The largest absolute Gasteiger partial charge is 0.412 e. The third-order valence-electron chi connectivity index (χ3n) is 0.639. The lowest BCUT2D eigenvalue weighted by Gasteiger charge is -2.13. The average Bonchev–Trinajstić information content (AvgIpc) is 1.64. The molecule has 1 atom stereocenters. The van der Waals surface area contributed by atoms with Crippen molar-refractivity contribution in [1.82, 2.24) is 0 Å². The normalized spacial score (nSPS) is 19.2. The van der Waals surface area contributed by atoms with Crippen LogP contribution in [-0.4, -0.2) is 10.6 Å². The second kappa shape index (κ2) is 2.30. The number of alkyl halides is 2. The Kier molecular flexibility index (Phi) is 2.29. The first-order chi connectivity index (χ1) is 3.81. The Morgan fingerprint density at radius 3 is 2.11 bits per heavy atom. The van der Waals surface area contributed by atoms with Gasteiger partial charge in [0.1, 0.15) is 0 Å². The van der Waals surface area contributed by atoms with Crippen molar-refractivity contribution in [3.8, 4) is 0 Å². The van der Waals surface area contributed by atoms with E-state index in [2.05, 4.69) is 10.5 Å². The Morgan fingerprint density at radius 1 is 1.78 bits per heavy atom. The van der Waals surface area contributed by atoms with Gasteiger partial charge in [0.15, 0.2) is 0 Å². The second-order valence-electron chi connectivity index (χ2n) is 1.47. The van der Waals surface area contributed by atoms with Gasteiger partial charge in [0.2, 0.25) is 0 Å². The van der Waals surface area contributed by atoms with Gasteiger partial charge in [-0.1, -0.05) is 0 Å². The zero-order chi connectivity index (χ0) is 7.71. The molecule has 56 valence electrons. The molecule has 7 heteroatoms. The lowest BCUT2D eigenvalue weighted by Crippen LogP contribution is -2.14. The summed E-state index contributed by atoms with van der Waals surface area (Å²) in [7, 11) is -4.91. The molecule has 0 fully saturated rings. The van der Waals surface area contributed by atoms with Crippen molar-refractivity contribution in [3.05, 3.63) is 0 Å². The molecule has 0 aromatic carbocycles. The van der Waals surface area contributed by atoms with Crippen molar-refractivity contribution in [1.29, 1.82) is 0 Å². The molecule has 0 rings (SSSR count). The monoisotopic (exact) mass is 161 g/mol. The average molecular weight is 161 g/mol. The molecule has 0 saturated heterocycles. The van der Waals surface area contributed by atoms with Crippen LogP contribution in [0.15, 0.2) is 0 Å². The molecule has 0 heterocycles. The number of nitrogens with two attached hydrogens (primary N) is 1. The first kappa shape index (κ1) is 8.97. The minimum absolute atomic E-state index is 0.251. The molecule has 0 bridgehead atoms. The van der Waals surface area contributed by atoms with Gasteiger partial charge < -0.3 is 4.89 Å². The van der Waals surface area contributed by atoms with Crippen molar-refractivity contribution in [2.75, 3.05) is 0 Å². The predicted octanol–water partition coefficient (Wildman–Crippen LogP) is 0.675. The number of rotatable bonds is 2.